The van der Waals surface area contributed by atoms with Crippen LogP contribution in [-0.4, -0.2) is 18.3 Å². The minimum atomic E-state index is -3.95. The molecule has 2 aromatic rings. The van der Waals surface area contributed by atoms with E-state index in [1.807, 2.05) is 6.92 Å². The van der Waals surface area contributed by atoms with Gasteiger partial charge in [-0.1, -0.05) is 0 Å². The van der Waals surface area contributed by atoms with Crippen LogP contribution in [0.1, 0.15) is 10.6 Å². The SMILES string of the molecule is Cc1nc(NS(=O)(=O)c2ccc(N)c([N+](=O)[O-])c2)sc1C. The summed E-state index contributed by atoms with van der Waals surface area (Å²) in [6, 6.07) is 3.31. The third-order valence-electron chi connectivity index (χ3n) is 2.76. The Morgan fingerprint density at radius 3 is 2.57 bits per heavy atom. The van der Waals surface area contributed by atoms with Crippen LogP contribution in [0.5, 0.6) is 0 Å². The second kappa shape index (κ2) is 5.30. The highest BCUT2D eigenvalue weighted by Crippen LogP contribution is 2.28. The van der Waals surface area contributed by atoms with Crippen LogP contribution in [0.4, 0.5) is 16.5 Å². The molecule has 0 amide bonds. The summed E-state index contributed by atoms with van der Waals surface area (Å²) in [6.07, 6.45) is 0. The molecule has 1 aromatic heterocycles. The number of sulfonamides is 1. The van der Waals surface area contributed by atoms with Gasteiger partial charge in [-0.05, 0) is 26.0 Å². The fraction of sp³-hybridized carbons (Fsp3) is 0.182. The second-order valence-electron chi connectivity index (χ2n) is 4.24. The number of nitrogens with zero attached hydrogens (tertiary/aromatic N) is 2. The highest BCUT2D eigenvalue weighted by molar-refractivity contribution is 7.93. The molecule has 21 heavy (non-hydrogen) atoms. The molecule has 0 fully saturated rings. The van der Waals surface area contributed by atoms with E-state index in [4.69, 9.17) is 5.73 Å². The van der Waals surface area contributed by atoms with Gasteiger partial charge in [0.05, 0.1) is 15.5 Å². The van der Waals surface area contributed by atoms with Crippen molar-refractivity contribution in [1.82, 2.24) is 4.98 Å². The molecular weight excluding hydrogens is 316 g/mol. The van der Waals surface area contributed by atoms with Gasteiger partial charge in [-0.3, -0.25) is 14.8 Å². The molecule has 1 heterocycles. The molecule has 0 aliphatic rings. The molecule has 0 aliphatic heterocycles. The first-order chi connectivity index (χ1) is 9.70. The van der Waals surface area contributed by atoms with Crippen molar-refractivity contribution in [3.05, 3.63) is 38.9 Å². The molecule has 0 aliphatic carbocycles. The van der Waals surface area contributed by atoms with Gasteiger partial charge >= 0.3 is 0 Å². The van der Waals surface area contributed by atoms with Crippen molar-refractivity contribution in [2.75, 3.05) is 10.5 Å². The van der Waals surface area contributed by atoms with Crippen LogP contribution in [0.25, 0.3) is 0 Å². The monoisotopic (exact) mass is 328 g/mol. The largest absolute Gasteiger partial charge is 0.393 e. The normalized spacial score (nSPS) is 11.3. The Kier molecular flexibility index (Phi) is 3.83. The third-order valence-corrected chi connectivity index (χ3v) is 5.21. The number of hydrogen-bond acceptors (Lipinski definition) is 7. The van der Waals surface area contributed by atoms with E-state index in [0.717, 1.165) is 16.6 Å². The lowest BCUT2D eigenvalue weighted by Gasteiger charge is -2.05. The number of nitro benzene ring substituents is 1. The van der Waals surface area contributed by atoms with Crippen molar-refractivity contribution in [3.63, 3.8) is 0 Å². The summed E-state index contributed by atoms with van der Waals surface area (Å²) in [5.41, 5.74) is 5.61. The Labute approximate surface area is 124 Å². The minimum Gasteiger partial charge on any atom is -0.393 e. The van der Waals surface area contributed by atoms with Gasteiger partial charge in [0.2, 0.25) is 0 Å². The summed E-state index contributed by atoms with van der Waals surface area (Å²) in [5, 5.41) is 11.0. The van der Waals surface area contributed by atoms with E-state index < -0.39 is 20.6 Å². The highest BCUT2D eigenvalue weighted by atomic mass is 32.2. The molecule has 0 bridgehead atoms. The molecule has 2 rings (SSSR count). The van der Waals surface area contributed by atoms with Crippen molar-refractivity contribution in [1.29, 1.82) is 0 Å². The second-order valence-corrected chi connectivity index (χ2v) is 7.13. The molecule has 0 spiro atoms. The standard InChI is InChI=1S/C11H12N4O4S2/c1-6-7(2)20-11(13-6)14-21(18,19)8-3-4-9(12)10(5-8)15(16)17/h3-5H,12H2,1-2H3,(H,13,14). The minimum absolute atomic E-state index is 0.0973. The molecule has 0 saturated carbocycles. The molecule has 10 heteroatoms. The van der Waals surface area contributed by atoms with Crippen LogP contribution < -0.4 is 10.5 Å². The number of hydrogen-bond donors (Lipinski definition) is 2. The van der Waals surface area contributed by atoms with Crippen LogP contribution in [0.2, 0.25) is 0 Å². The maximum atomic E-state index is 12.2. The van der Waals surface area contributed by atoms with Gasteiger partial charge in [-0.15, -0.1) is 11.3 Å². The summed E-state index contributed by atoms with van der Waals surface area (Å²) in [7, 11) is -3.95. The van der Waals surface area contributed by atoms with Gasteiger partial charge < -0.3 is 5.73 Å². The molecule has 0 saturated heterocycles. The van der Waals surface area contributed by atoms with Gasteiger partial charge in [0, 0.05) is 10.9 Å². The van der Waals surface area contributed by atoms with Crippen LogP contribution in [-0.2, 0) is 10.0 Å². The maximum absolute atomic E-state index is 12.2. The molecule has 0 atom stereocenters. The Morgan fingerprint density at radius 2 is 2.05 bits per heavy atom. The van der Waals surface area contributed by atoms with Gasteiger partial charge in [0.1, 0.15) is 5.69 Å². The van der Waals surface area contributed by atoms with Crippen LogP contribution in [0.3, 0.4) is 0 Å². The number of nitrogens with two attached hydrogens (primary N) is 1. The predicted octanol–water partition coefficient (Wildman–Crippen LogP) is 2.05. The molecule has 1 aromatic carbocycles. The molecule has 112 valence electrons. The smallest absolute Gasteiger partial charge is 0.293 e. The van der Waals surface area contributed by atoms with Crippen molar-refractivity contribution in [2.45, 2.75) is 18.7 Å². The number of nitrogens with one attached hydrogen (secondary N) is 1. The van der Waals surface area contributed by atoms with Crippen molar-refractivity contribution in [2.24, 2.45) is 0 Å². The number of rotatable bonds is 4. The van der Waals surface area contributed by atoms with Gasteiger partial charge in [0.25, 0.3) is 15.7 Å². The van der Waals surface area contributed by atoms with Crippen LogP contribution >= 0.6 is 11.3 Å². The molecule has 0 unspecified atom stereocenters. The number of thiazole rings is 1. The summed E-state index contributed by atoms with van der Waals surface area (Å²) in [4.78, 5) is 14.8. The number of nitrogen functional groups attached to an aromatic ring is 1. The predicted molar refractivity (Wildman–Crippen MR) is 79.9 cm³/mol. The van der Waals surface area contributed by atoms with E-state index in [1.54, 1.807) is 6.92 Å². The zero-order valence-corrected chi connectivity index (χ0v) is 12.8. The summed E-state index contributed by atoms with van der Waals surface area (Å²) >= 11 is 1.19. The van der Waals surface area contributed by atoms with Crippen molar-refractivity contribution < 1.29 is 13.3 Å². The fourth-order valence-corrected chi connectivity index (χ4v) is 3.61. The van der Waals surface area contributed by atoms with E-state index in [-0.39, 0.29) is 15.7 Å². The van der Waals surface area contributed by atoms with E-state index >= 15 is 0 Å². The van der Waals surface area contributed by atoms with E-state index in [1.165, 1.54) is 23.5 Å². The van der Waals surface area contributed by atoms with E-state index in [9.17, 15) is 18.5 Å². The van der Waals surface area contributed by atoms with Crippen LogP contribution in [0.15, 0.2) is 23.1 Å². The number of anilines is 2. The molecule has 8 nitrogen and oxygen atoms in total. The number of benzene rings is 1. The lowest BCUT2D eigenvalue weighted by Crippen LogP contribution is -2.13. The molecule has 3 N–H and O–H groups in total. The third kappa shape index (κ3) is 3.11. The lowest BCUT2D eigenvalue weighted by molar-refractivity contribution is -0.384. The maximum Gasteiger partial charge on any atom is 0.293 e. The fourth-order valence-electron chi connectivity index (χ4n) is 1.54. The zero-order chi connectivity index (χ0) is 15.8. The lowest BCUT2D eigenvalue weighted by atomic mass is 10.3. The average molecular weight is 328 g/mol. The van der Waals surface area contributed by atoms with E-state index in [2.05, 4.69) is 9.71 Å². The van der Waals surface area contributed by atoms with Gasteiger partial charge in [0.15, 0.2) is 5.13 Å². The molecule has 0 radical (unpaired) electrons. The zero-order valence-electron chi connectivity index (χ0n) is 11.2. The Morgan fingerprint density at radius 1 is 1.38 bits per heavy atom. The summed E-state index contributed by atoms with van der Waals surface area (Å²) in [6.45, 7) is 3.58. The summed E-state index contributed by atoms with van der Waals surface area (Å²) in [5.74, 6) is 0. The topological polar surface area (TPSA) is 128 Å². The van der Waals surface area contributed by atoms with Gasteiger partial charge in [-0.25, -0.2) is 13.4 Å². The number of aryl methyl sites for hydroxylation is 2. The van der Waals surface area contributed by atoms with Gasteiger partial charge in [-0.2, -0.15) is 0 Å². The number of nitro groups is 1. The number of aromatic nitrogens is 1. The van der Waals surface area contributed by atoms with Crippen LogP contribution in [0, 0.1) is 24.0 Å². The first-order valence-electron chi connectivity index (χ1n) is 5.71. The Balaban J connectivity index is 2.40. The van der Waals surface area contributed by atoms with Crippen molar-refractivity contribution >= 4 is 37.9 Å². The first kappa shape index (κ1) is 15.2. The summed E-state index contributed by atoms with van der Waals surface area (Å²) < 4.78 is 26.7. The first-order valence-corrected chi connectivity index (χ1v) is 8.01. The Hall–Kier alpha value is -2.20. The average Bonchev–Trinajstić information content (AvgIpc) is 2.67. The van der Waals surface area contributed by atoms with E-state index in [0.29, 0.717) is 0 Å². The Bertz CT molecular complexity index is 794. The molecular formula is C11H12N4O4S2. The quantitative estimate of drug-likeness (QED) is 0.502. The van der Waals surface area contributed by atoms with Crippen molar-refractivity contribution in [3.8, 4) is 0 Å². The highest BCUT2D eigenvalue weighted by Gasteiger charge is 2.21.